The van der Waals surface area contributed by atoms with Crippen LogP contribution in [-0.4, -0.2) is 19.3 Å². The van der Waals surface area contributed by atoms with Crippen LogP contribution < -0.4 is 10.0 Å². The summed E-state index contributed by atoms with van der Waals surface area (Å²) in [6.07, 6.45) is 0.0658. The number of nitrogens with zero attached hydrogens (tertiary/aromatic N) is 1. The molecule has 3 aromatic rings. The van der Waals surface area contributed by atoms with Gasteiger partial charge in [-0.2, -0.15) is 0 Å². The van der Waals surface area contributed by atoms with Gasteiger partial charge in [0.15, 0.2) is 5.13 Å². The van der Waals surface area contributed by atoms with Crippen molar-refractivity contribution in [2.75, 3.05) is 4.72 Å². The Labute approximate surface area is 172 Å². The maximum atomic E-state index is 12.4. The largest absolute Gasteiger partial charge is 0.352 e. The number of carbonyl (C=O) groups is 1. The quantitative estimate of drug-likeness (QED) is 0.591. The van der Waals surface area contributed by atoms with E-state index in [0.717, 1.165) is 22.5 Å². The molecule has 0 radical (unpaired) electrons. The zero-order chi connectivity index (χ0) is 20.1. The number of aromatic nitrogens is 1. The number of rotatable bonds is 7. The molecular formula is C19H18ClN3O3S2. The fourth-order valence-electron chi connectivity index (χ4n) is 2.36. The fourth-order valence-corrected chi connectivity index (χ4v) is 4.45. The molecule has 9 heteroatoms. The minimum Gasteiger partial charge on any atom is -0.352 e. The van der Waals surface area contributed by atoms with E-state index in [2.05, 4.69) is 15.0 Å². The minimum atomic E-state index is -3.71. The third kappa shape index (κ3) is 5.54. The second kappa shape index (κ2) is 8.72. The average Bonchev–Trinajstić information content (AvgIpc) is 3.07. The van der Waals surface area contributed by atoms with Gasteiger partial charge in [-0.05, 0) is 36.8 Å². The molecule has 0 atom stereocenters. The molecule has 0 aliphatic heterocycles. The Morgan fingerprint density at radius 3 is 2.46 bits per heavy atom. The number of aryl methyl sites for hydroxylation is 1. The van der Waals surface area contributed by atoms with E-state index in [1.54, 1.807) is 29.6 Å². The van der Waals surface area contributed by atoms with Gasteiger partial charge in [0, 0.05) is 16.9 Å². The van der Waals surface area contributed by atoms with Gasteiger partial charge in [-0.15, -0.1) is 11.3 Å². The van der Waals surface area contributed by atoms with Crippen LogP contribution in [0.25, 0.3) is 0 Å². The number of benzene rings is 2. The molecule has 0 aliphatic carbocycles. The minimum absolute atomic E-state index is 0.0658. The molecule has 0 saturated carbocycles. The monoisotopic (exact) mass is 435 g/mol. The maximum Gasteiger partial charge on any atom is 0.263 e. The topological polar surface area (TPSA) is 88.2 Å². The highest BCUT2D eigenvalue weighted by Crippen LogP contribution is 2.21. The number of nitrogens with one attached hydrogen (secondary N) is 2. The molecule has 0 fully saturated rings. The van der Waals surface area contributed by atoms with E-state index in [0.29, 0.717) is 17.3 Å². The first-order valence-corrected chi connectivity index (χ1v) is 11.1. The first-order chi connectivity index (χ1) is 13.3. The van der Waals surface area contributed by atoms with Crippen molar-refractivity contribution in [3.63, 3.8) is 0 Å². The van der Waals surface area contributed by atoms with Crippen molar-refractivity contribution in [2.45, 2.75) is 24.8 Å². The standard InChI is InChI=1S/C19H18ClN3O3S2/c1-13-2-8-17(9-3-13)28(25,26)23-19-22-16(12-27-19)10-18(24)21-11-14-4-6-15(20)7-5-14/h2-9,12H,10-11H2,1H3,(H,21,24)(H,22,23). The van der Waals surface area contributed by atoms with E-state index < -0.39 is 10.0 Å². The summed E-state index contributed by atoms with van der Waals surface area (Å²) in [5, 5.41) is 5.32. The van der Waals surface area contributed by atoms with Crippen molar-refractivity contribution >= 4 is 44.0 Å². The van der Waals surface area contributed by atoms with E-state index in [4.69, 9.17) is 11.6 Å². The molecule has 1 amide bonds. The lowest BCUT2D eigenvalue weighted by Gasteiger charge is -2.05. The zero-order valence-electron chi connectivity index (χ0n) is 15.0. The molecule has 2 N–H and O–H groups in total. The lowest BCUT2D eigenvalue weighted by molar-refractivity contribution is -0.120. The highest BCUT2D eigenvalue weighted by atomic mass is 35.5. The molecule has 1 aromatic heterocycles. The van der Waals surface area contributed by atoms with Crippen LogP contribution in [0.3, 0.4) is 0 Å². The third-order valence-electron chi connectivity index (χ3n) is 3.85. The van der Waals surface area contributed by atoms with Gasteiger partial charge in [0.05, 0.1) is 17.0 Å². The zero-order valence-corrected chi connectivity index (χ0v) is 17.4. The van der Waals surface area contributed by atoms with Crippen LogP contribution in [0.4, 0.5) is 5.13 Å². The van der Waals surface area contributed by atoms with Crippen molar-refractivity contribution in [1.29, 1.82) is 0 Å². The van der Waals surface area contributed by atoms with E-state index in [-0.39, 0.29) is 22.4 Å². The van der Waals surface area contributed by atoms with Crippen LogP contribution in [0.2, 0.25) is 5.02 Å². The highest BCUT2D eigenvalue weighted by molar-refractivity contribution is 7.93. The van der Waals surface area contributed by atoms with Crippen molar-refractivity contribution in [3.05, 3.63) is 75.8 Å². The second-order valence-corrected chi connectivity index (χ2v) is 9.12. The van der Waals surface area contributed by atoms with E-state index in [9.17, 15) is 13.2 Å². The van der Waals surface area contributed by atoms with Gasteiger partial charge >= 0.3 is 0 Å². The van der Waals surface area contributed by atoms with Gasteiger partial charge in [-0.3, -0.25) is 9.52 Å². The first-order valence-electron chi connectivity index (χ1n) is 8.37. The van der Waals surface area contributed by atoms with E-state index in [1.165, 1.54) is 12.1 Å². The summed E-state index contributed by atoms with van der Waals surface area (Å²) in [5.74, 6) is -0.201. The fraction of sp³-hybridized carbons (Fsp3) is 0.158. The molecule has 6 nitrogen and oxygen atoms in total. The predicted octanol–water partition coefficient (Wildman–Crippen LogP) is 3.76. The SMILES string of the molecule is Cc1ccc(S(=O)(=O)Nc2nc(CC(=O)NCc3ccc(Cl)cc3)cs2)cc1. The molecule has 3 rings (SSSR count). The maximum absolute atomic E-state index is 12.4. The smallest absolute Gasteiger partial charge is 0.263 e. The number of carbonyl (C=O) groups excluding carboxylic acids is 1. The molecule has 2 aromatic carbocycles. The van der Waals surface area contributed by atoms with Gasteiger partial charge in [0.2, 0.25) is 5.91 Å². The van der Waals surface area contributed by atoms with Crippen molar-refractivity contribution in [3.8, 4) is 0 Å². The van der Waals surface area contributed by atoms with Crippen molar-refractivity contribution < 1.29 is 13.2 Å². The number of halogens is 1. The van der Waals surface area contributed by atoms with Crippen molar-refractivity contribution in [2.24, 2.45) is 0 Å². The first kappa shape index (κ1) is 20.3. The Kier molecular flexibility index (Phi) is 6.33. The Hall–Kier alpha value is -2.42. The van der Waals surface area contributed by atoms with Crippen LogP contribution in [0.1, 0.15) is 16.8 Å². The third-order valence-corrected chi connectivity index (χ3v) is 6.39. The summed E-state index contributed by atoms with van der Waals surface area (Å²) in [6, 6.07) is 13.7. The molecule has 0 unspecified atom stereocenters. The molecule has 146 valence electrons. The lowest BCUT2D eigenvalue weighted by atomic mass is 10.2. The summed E-state index contributed by atoms with van der Waals surface area (Å²) in [7, 11) is -3.71. The van der Waals surface area contributed by atoms with Crippen LogP contribution in [0.15, 0.2) is 58.8 Å². The Balaban J connectivity index is 1.56. The van der Waals surface area contributed by atoms with Crippen LogP contribution >= 0.6 is 22.9 Å². The molecule has 28 heavy (non-hydrogen) atoms. The van der Waals surface area contributed by atoms with E-state index in [1.807, 2.05) is 19.1 Å². The molecule has 0 bridgehead atoms. The summed E-state index contributed by atoms with van der Waals surface area (Å²) in [6.45, 7) is 2.27. The van der Waals surface area contributed by atoms with Crippen LogP contribution in [0.5, 0.6) is 0 Å². The summed E-state index contributed by atoms with van der Waals surface area (Å²) < 4.78 is 27.2. The summed E-state index contributed by atoms with van der Waals surface area (Å²) >= 11 is 6.97. The highest BCUT2D eigenvalue weighted by Gasteiger charge is 2.16. The van der Waals surface area contributed by atoms with Gasteiger partial charge in [0.1, 0.15) is 0 Å². The average molecular weight is 436 g/mol. The Bertz CT molecular complexity index is 1060. The predicted molar refractivity (Wildman–Crippen MR) is 111 cm³/mol. The van der Waals surface area contributed by atoms with Gasteiger partial charge in [0.25, 0.3) is 10.0 Å². The van der Waals surface area contributed by atoms with E-state index >= 15 is 0 Å². The molecule has 0 saturated heterocycles. The Morgan fingerprint density at radius 2 is 1.79 bits per heavy atom. The number of thiazole rings is 1. The number of amides is 1. The van der Waals surface area contributed by atoms with Crippen LogP contribution in [-0.2, 0) is 27.8 Å². The number of anilines is 1. The summed E-state index contributed by atoms with van der Waals surface area (Å²) in [4.78, 5) is 16.4. The molecular weight excluding hydrogens is 418 g/mol. The normalized spacial score (nSPS) is 11.2. The van der Waals surface area contributed by atoms with Gasteiger partial charge < -0.3 is 5.32 Å². The lowest BCUT2D eigenvalue weighted by Crippen LogP contribution is -2.24. The van der Waals surface area contributed by atoms with Crippen LogP contribution in [0, 0.1) is 6.92 Å². The van der Waals surface area contributed by atoms with Gasteiger partial charge in [-0.25, -0.2) is 13.4 Å². The second-order valence-electron chi connectivity index (χ2n) is 6.14. The molecule has 0 aliphatic rings. The Morgan fingerprint density at radius 1 is 1.11 bits per heavy atom. The number of hydrogen-bond donors (Lipinski definition) is 2. The molecule has 0 spiro atoms. The van der Waals surface area contributed by atoms with Crippen molar-refractivity contribution in [1.82, 2.24) is 10.3 Å². The number of hydrogen-bond acceptors (Lipinski definition) is 5. The summed E-state index contributed by atoms with van der Waals surface area (Å²) in [5.41, 5.74) is 2.41. The molecule has 1 heterocycles. The number of sulfonamides is 1. The van der Waals surface area contributed by atoms with Gasteiger partial charge in [-0.1, -0.05) is 41.4 Å².